The van der Waals surface area contributed by atoms with Crippen molar-refractivity contribution in [3.05, 3.63) is 71.7 Å². The van der Waals surface area contributed by atoms with Crippen molar-refractivity contribution in [2.24, 2.45) is 0 Å². The largest absolute Gasteiger partial charge is 0.356 e. The molecule has 1 aromatic carbocycles. The molecule has 0 aliphatic carbocycles. The van der Waals surface area contributed by atoms with E-state index < -0.39 is 0 Å². The van der Waals surface area contributed by atoms with Gasteiger partial charge in [-0.05, 0) is 29.7 Å². The Bertz CT molecular complexity index is 977. The van der Waals surface area contributed by atoms with E-state index in [9.17, 15) is 9.59 Å². The SMILES string of the molecule is CC(=O)N1CCc2ccccc2C1CC(=O)NCCc1cn2ccccc2n1. The van der Waals surface area contributed by atoms with Crippen molar-refractivity contribution in [3.8, 4) is 0 Å². The molecule has 3 aromatic rings. The minimum atomic E-state index is -0.197. The Labute approximate surface area is 164 Å². The molecule has 0 bridgehead atoms. The van der Waals surface area contributed by atoms with Crippen molar-refractivity contribution < 1.29 is 9.59 Å². The number of hydrogen-bond donors (Lipinski definition) is 1. The molecule has 1 N–H and O–H groups in total. The zero-order chi connectivity index (χ0) is 19.5. The van der Waals surface area contributed by atoms with Gasteiger partial charge in [0.25, 0.3) is 0 Å². The zero-order valence-electron chi connectivity index (χ0n) is 16.0. The maximum Gasteiger partial charge on any atom is 0.222 e. The van der Waals surface area contributed by atoms with Gasteiger partial charge in [-0.1, -0.05) is 30.3 Å². The fourth-order valence-electron chi connectivity index (χ4n) is 3.93. The summed E-state index contributed by atoms with van der Waals surface area (Å²) in [7, 11) is 0. The Balaban J connectivity index is 1.38. The van der Waals surface area contributed by atoms with Crippen molar-refractivity contribution in [3.63, 3.8) is 0 Å². The molecule has 144 valence electrons. The van der Waals surface area contributed by atoms with Crippen LogP contribution in [0.3, 0.4) is 0 Å². The third kappa shape index (κ3) is 3.76. The smallest absolute Gasteiger partial charge is 0.222 e. The number of aromatic nitrogens is 2. The van der Waals surface area contributed by atoms with Gasteiger partial charge < -0.3 is 14.6 Å². The Morgan fingerprint density at radius 2 is 2.00 bits per heavy atom. The highest BCUT2D eigenvalue weighted by atomic mass is 16.2. The topological polar surface area (TPSA) is 66.7 Å². The number of hydrogen-bond acceptors (Lipinski definition) is 3. The Morgan fingerprint density at radius 1 is 1.18 bits per heavy atom. The van der Waals surface area contributed by atoms with Crippen LogP contribution in [0.25, 0.3) is 5.65 Å². The highest BCUT2D eigenvalue weighted by Crippen LogP contribution is 2.32. The second-order valence-electron chi connectivity index (χ2n) is 7.18. The van der Waals surface area contributed by atoms with Crippen molar-refractivity contribution in [1.82, 2.24) is 19.6 Å². The number of rotatable bonds is 5. The van der Waals surface area contributed by atoms with Crippen LogP contribution in [-0.4, -0.2) is 39.2 Å². The van der Waals surface area contributed by atoms with Crippen LogP contribution in [0.15, 0.2) is 54.9 Å². The van der Waals surface area contributed by atoms with E-state index in [0.29, 0.717) is 19.5 Å². The summed E-state index contributed by atoms with van der Waals surface area (Å²) < 4.78 is 1.97. The number of benzene rings is 1. The van der Waals surface area contributed by atoms with Crippen molar-refractivity contribution >= 4 is 17.5 Å². The first-order valence-electron chi connectivity index (χ1n) is 9.66. The standard InChI is InChI=1S/C22H24N4O2/c1-16(27)26-13-10-17-6-2-3-7-19(17)20(26)14-22(28)23-11-9-18-15-25-12-5-4-8-21(25)24-18/h2-8,12,15,20H,9-11,13-14H2,1H3,(H,23,28). The van der Waals surface area contributed by atoms with Crippen LogP contribution in [-0.2, 0) is 22.4 Å². The molecule has 0 fully saturated rings. The molecular weight excluding hydrogens is 352 g/mol. The van der Waals surface area contributed by atoms with E-state index >= 15 is 0 Å². The molecule has 1 aliphatic rings. The molecule has 0 radical (unpaired) electrons. The second-order valence-corrected chi connectivity index (χ2v) is 7.18. The van der Waals surface area contributed by atoms with Gasteiger partial charge >= 0.3 is 0 Å². The number of nitrogens with one attached hydrogen (secondary N) is 1. The molecule has 1 aliphatic heterocycles. The number of carbonyl (C=O) groups excluding carboxylic acids is 2. The molecular formula is C22H24N4O2. The Morgan fingerprint density at radius 3 is 2.82 bits per heavy atom. The van der Waals surface area contributed by atoms with Crippen molar-refractivity contribution in [2.75, 3.05) is 13.1 Å². The molecule has 0 saturated carbocycles. The molecule has 6 heteroatoms. The van der Waals surface area contributed by atoms with Crippen molar-refractivity contribution in [1.29, 1.82) is 0 Å². The first kappa shape index (κ1) is 18.2. The van der Waals surface area contributed by atoms with Crippen LogP contribution in [0.1, 0.15) is 36.2 Å². The van der Waals surface area contributed by atoms with Gasteiger partial charge in [-0.2, -0.15) is 0 Å². The van der Waals surface area contributed by atoms with Gasteiger partial charge in [0.2, 0.25) is 11.8 Å². The molecule has 3 heterocycles. The summed E-state index contributed by atoms with van der Waals surface area (Å²) in [5.74, 6) is -0.0336. The molecule has 6 nitrogen and oxygen atoms in total. The average Bonchev–Trinajstić information content (AvgIpc) is 3.10. The van der Waals surface area contributed by atoms with Crippen LogP contribution in [0.4, 0.5) is 0 Å². The summed E-state index contributed by atoms with van der Waals surface area (Å²) in [4.78, 5) is 31.0. The average molecular weight is 376 g/mol. The third-order valence-electron chi connectivity index (χ3n) is 5.31. The highest BCUT2D eigenvalue weighted by Gasteiger charge is 2.30. The number of amides is 2. The van der Waals surface area contributed by atoms with Crippen LogP contribution < -0.4 is 5.32 Å². The zero-order valence-corrected chi connectivity index (χ0v) is 16.0. The van der Waals surface area contributed by atoms with E-state index in [2.05, 4.69) is 16.4 Å². The molecule has 0 saturated heterocycles. The van der Waals surface area contributed by atoms with Crippen LogP contribution in [0.2, 0.25) is 0 Å². The summed E-state index contributed by atoms with van der Waals surface area (Å²) in [6, 6.07) is 13.8. The van der Waals surface area contributed by atoms with Gasteiger partial charge in [-0.15, -0.1) is 0 Å². The predicted octanol–water partition coefficient (Wildman–Crippen LogP) is 2.53. The maximum atomic E-state index is 12.6. The number of fused-ring (bicyclic) bond motifs is 2. The first-order chi connectivity index (χ1) is 13.6. The quantitative estimate of drug-likeness (QED) is 0.744. The fraction of sp³-hybridized carbons (Fsp3) is 0.318. The monoisotopic (exact) mass is 376 g/mol. The summed E-state index contributed by atoms with van der Waals surface area (Å²) >= 11 is 0. The van der Waals surface area contributed by atoms with Gasteiger partial charge in [0.1, 0.15) is 5.65 Å². The summed E-state index contributed by atoms with van der Waals surface area (Å²) in [6.07, 6.45) is 5.73. The number of carbonyl (C=O) groups is 2. The number of pyridine rings is 1. The lowest BCUT2D eigenvalue weighted by molar-refractivity contribution is -0.133. The molecule has 2 aromatic heterocycles. The summed E-state index contributed by atoms with van der Waals surface area (Å²) in [5, 5.41) is 2.99. The van der Waals surface area contributed by atoms with Gasteiger partial charge in [0, 0.05) is 38.8 Å². The van der Waals surface area contributed by atoms with E-state index in [-0.39, 0.29) is 24.3 Å². The summed E-state index contributed by atoms with van der Waals surface area (Å²) in [6.45, 7) is 2.75. The van der Waals surface area contributed by atoms with Gasteiger partial charge in [-0.25, -0.2) is 4.98 Å². The Hall–Kier alpha value is -3.15. The lowest BCUT2D eigenvalue weighted by Gasteiger charge is -2.36. The molecule has 4 rings (SSSR count). The molecule has 1 unspecified atom stereocenters. The third-order valence-corrected chi connectivity index (χ3v) is 5.31. The van der Waals surface area contributed by atoms with E-state index in [4.69, 9.17) is 0 Å². The maximum absolute atomic E-state index is 12.6. The first-order valence-corrected chi connectivity index (χ1v) is 9.66. The van der Waals surface area contributed by atoms with Crippen molar-refractivity contribution in [2.45, 2.75) is 32.2 Å². The van der Waals surface area contributed by atoms with E-state index in [0.717, 1.165) is 23.3 Å². The van der Waals surface area contributed by atoms with Gasteiger partial charge in [-0.3, -0.25) is 9.59 Å². The number of nitrogens with zero attached hydrogens (tertiary/aromatic N) is 3. The van der Waals surface area contributed by atoms with Gasteiger partial charge in [0.05, 0.1) is 18.2 Å². The van der Waals surface area contributed by atoms with Gasteiger partial charge in [0.15, 0.2) is 0 Å². The molecule has 0 spiro atoms. The summed E-state index contributed by atoms with van der Waals surface area (Å²) in [5.41, 5.74) is 4.15. The number of imidazole rings is 1. The normalized spacial score (nSPS) is 16.0. The van der Waals surface area contributed by atoms with E-state index in [1.165, 1.54) is 5.56 Å². The lowest BCUT2D eigenvalue weighted by Crippen LogP contribution is -2.41. The predicted molar refractivity (Wildman–Crippen MR) is 107 cm³/mol. The molecule has 2 amide bonds. The molecule has 28 heavy (non-hydrogen) atoms. The second kappa shape index (κ2) is 7.84. The minimum Gasteiger partial charge on any atom is -0.356 e. The Kier molecular flexibility index (Phi) is 5.10. The fourth-order valence-corrected chi connectivity index (χ4v) is 3.93. The van der Waals surface area contributed by atoms with E-state index in [1.54, 1.807) is 6.92 Å². The minimum absolute atomic E-state index is 0.0111. The highest BCUT2D eigenvalue weighted by molar-refractivity contribution is 5.79. The van der Waals surface area contributed by atoms with Crippen LogP contribution in [0, 0.1) is 0 Å². The van der Waals surface area contributed by atoms with Crippen LogP contribution in [0.5, 0.6) is 0 Å². The van der Waals surface area contributed by atoms with Crippen LogP contribution >= 0.6 is 0 Å². The lowest BCUT2D eigenvalue weighted by atomic mass is 9.90. The molecule has 1 atom stereocenters. The van der Waals surface area contributed by atoms with E-state index in [1.807, 2.05) is 58.1 Å².